The van der Waals surface area contributed by atoms with Gasteiger partial charge in [0.25, 0.3) is 0 Å². The van der Waals surface area contributed by atoms with Crippen LogP contribution in [0.4, 0.5) is 11.4 Å². The van der Waals surface area contributed by atoms with Crippen LogP contribution < -0.4 is 11.5 Å². The average Bonchev–Trinajstić information content (AvgIpc) is 2.96. The van der Waals surface area contributed by atoms with Gasteiger partial charge in [0.2, 0.25) is 0 Å². The number of hydrogen-bond acceptors (Lipinski definition) is 8. The second-order valence-electron chi connectivity index (χ2n) is 10.6. The Bertz CT molecular complexity index is 1360. The Hall–Kier alpha value is -4.46. The number of nitrogens with two attached hydrogens (primary N) is 2. The molecule has 204 valence electrons. The highest BCUT2D eigenvalue weighted by molar-refractivity contribution is 5.84. The summed E-state index contributed by atoms with van der Waals surface area (Å²) in [7, 11) is 0. The van der Waals surface area contributed by atoms with Gasteiger partial charge in [0.15, 0.2) is 0 Å². The van der Waals surface area contributed by atoms with E-state index in [-0.39, 0.29) is 49.1 Å². The fourth-order valence-corrected chi connectivity index (χ4v) is 5.44. The number of Topliss-reactive ketones (excluding diaryl/α,β-unsaturated/α-hetero) is 2. The predicted octanol–water partition coefficient (Wildman–Crippen LogP) is 4.58. The number of benzene rings is 2. The van der Waals surface area contributed by atoms with Crippen molar-refractivity contribution in [3.8, 4) is 0 Å². The Morgan fingerprint density at radius 2 is 1.05 bits per heavy atom. The molecule has 1 fully saturated rings. The summed E-state index contributed by atoms with van der Waals surface area (Å²) in [5, 5.41) is 17.7. The summed E-state index contributed by atoms with van der Waals surface area (Å²) in [4.78, 5) is 25.1. The van der Waals surface area contributed by atoms with E-state index in [9.17, 15) is 9.59 Å². The Labute approximate surface area is 234 Å². The van der Waals surface area contributed by atoms with Crippen LogP contribution in [0.2, 0.25) is 0 Å². The summed E-state index contributed by atoms with van der Waals surface area (Å²) in [6.07, 6.45) is 5.11. The smallest absolute Gasteiger partial charge is 0.143 e. The third kappa shape index (κ3) is 6.94. The molecule has 1 aliphatic rings. The number of para-hydroxylation sites is 2. The number of anilines is 2. The quantitative estimate of drug-likeness (QED) is 0.282. The summed E-state index contributed by atoms with van der Waals surface area (Å²) in [6, 6.07) is 22.7. The Morgan fingerprint density at radius 3 is 1.45 bits per heavy atom. The predicted molar refractivity (Wildman–Crippen MR) is 155 cm³/mol. The van der Waals surface area contributed by atoms with Crippen molar-refractivity contribution in [2.75, 3.05) is 11.5 Å². The van der Waals surface area contributed by atoms with Crippen molar-refractivity contribution in [3.05, 3.63) is 107 Å². The molecule has 8 nitrogen and oxygen atoms in total. The van der Waals surface area contributed by atoms with E-state index in [4.69, 9.17) is 11.5 Å². The van der Waals surface area contributed by atoms with Gasteiger partial charge < -0.3 is 11.5 Å². The second kappa shape index (κ2) is 12.6. The Balaban J connectivity index is 1.15. The highest BCUT2D eigenvalue weighted by Crippen LogP contribution is 2.39. The van der Waals surface area contributed by atoms with Crippen molar-refractivity contribution in [3.63, 3.8) is 0 Å². The molecule has 0 spiro atoms. The van der Waals surface area contributed by atoms with E-state index in [0.717, 1.165) is 48.2 Å². The fraction of sp³-hybridized carbons (Fsp3) is 0.312. The minimum absolute atomic E-state index is 0.0607. The summed E-state index contributed by atoms with van der Waals surface area (Å²) in [5.74, 6) is 0.676. The number of rotatable bonds is 10. The van der Waals surface area contributed by atoms with Crippen molar-refractivity contribution in [1.82, 2.24) is 20.4 Å². The molecule has 2 aromatic heterocycles. The largest absolute Gasteiger partial charge is 0.398 e. The van der Waals surface area contributed by atoms with Gasteiger partial charge in [-0.3, -0.25) is 9.59 Å². The van der Waals surface area contributed by atoms with Gasteiger partial charge in [-0.05, 0) is 66.8 Å². The average molecular weight is 535 g/mol. The standard InChI is InChI=1S/C32H34N6O2/c33-29-10-3-1-6-21(29)17-27(39)19-25-12-14-31(37-35-25)23-8-5-9-24(16-23)32-15-13-26(36-38-32)20-28(40)18-22-7-2-4-11-30(22)34/h1-4,6-7,10-15,23-24H,5,8-9,16-20,33-34H2/t23-,24-/m1/s1. The van der Waals surface area contributed by atoms with Crippen molar-refractivity contribution in [2.45, 2.75) is 63.2 Å². The van der Waals surface area contributed by atoms with Crippen molar-refractivity contribution in [1.29, 1.82) is 0 Å². The molecule has 2 heterocycles. The highest BCUT2D eigenvalue weighted by Gasteiger charge is 2.27. The molecule has 4 aromatic rings. The van der Waals surface area contributed by atoms with Gasteiger partial charge in [-0.1, -0.05) is 42.8 Å². The maximum absolute atomic E-state index is 12.5. The fourth-order valence-electron chi connectivity index (χ4n) is 5.44. The lowest BCUT2D eigenvalue weighted by atomic mass is 9.78. The summed E-state index contributed by atoms with van der Waals surface area (Å²) in [5.41, 5.74) is 18.1. The molecule has 5 rings (SSSR count). The van der Waals surface area contributed by atoms with Crippen molar-refractivity contribution >= 4 is 22.9 Å². The zero-order chi connectivity index (χ0) is 27.9. The minimum Gasteiger partial charge on any atom is -0.398 e. The first-order valence-corrected chi connectivity index (χ1v) is 13.8. The molecule has 0 saturated heterocycles. The summed E-state index contributed by atoms with van der Waals surface area (Å²) >= 11 is 0. The first-order chi connectivity index (χ1) is 19.4. The first-order valence-electron chi connectivity index (χ1n) is 13.8. The van der Waals surface area contributed by atoms with Gasteiger partial charge in [-0.15, -0.1) is 0 Å². The number of carbonyl (C=O) groups excluding carboxylic acids is 2. The first kappa shape index (κ1) is 27.1. The van der Waals surface area contributed by atoms with Gasteiger partial charge in [-0.2, -0.15) is 20.4 Å². The topological polar surface area (TPSA) is 138 Å². The minimum atomic E-state index is 0.0607. The number of aromatic nitrogens is 4. The molecule has 0 amide bonds. The zero-order valence-corrected chi connectivity index (χ0v) is 22.5. The molecular formula is C32H34N6O2. The lowest BCUT2D eigenvalue weighted by molar-refractivity contribution is -0.118. The van der Waals surface area contributed by atoms with Gasteiger partial charge in [0, 0.05) is 36.1 Å². The molecule has 8 heteroatoms. The Kier molecular flexibility index (Phi) is 8.54. The van der Waals surface area contributed by atoms with Gasteiger partial charge in [0.1, 0.15) is 11.6 Å². The van der Waals surface area contributed by atoms with E-state index in [1.165, 1.54) is 0 Å². The van der Waals surface area contributed by atoms with Gasteiger partial charge in [0.05, 0.1) is 35.6 Å². The Morgan fingerprint density at radius 1 is 0.600 bits per heavy atom. The number of carbonyl (C=O) groups is 2. The molecule has 0 unspecified atom stereocenters. The van der Waals surface area contributed by atoms with E-state index in [1.54, 1.807) is 12.1 Å². The number of nitrogen functional groups attached to an aromatic ring is 2. The van der Waals surface area contributed by atoms with Gasteiger partial charge >= 0.3 is 0 Å². The highest BCUT2D eigenvalue weighted by atomic mass is 16.1. The van der Waals surface area contributed by atoms with Crippen LogP contribution in [0.3, 0.4) is 0 Å². The molecule has 1 saturated carbocycles. The van der Waals surface area contributed by atoms with E-state index < -0.39 is 0 Å². The maximum atomic E-state index is 12.5. The van der Waals surface area contributed by atoms with Crippen LogP contribution in [0.1, 0.15) is 71.4 Å². The van der Waals surface area contributed by atoms with E-state index in [1.807, 2.05) is 60.7 Å². The van der Waals surface area contributed by atoms with Crippen LogP contribution >= 0.6 is 0 Å². The summed E-state index contributed by atoms with van der Waals surface area (Å²) < 4.78 is 0. The number of nitrogens with zero attached hydrogens (tertiary/aromatic N) is 4. The molecule has 0 aliphatic heterocycles. The monoisotopic (exact) mass is 534 g/mol. The van der Waals surface area contributed by atoms with Crippen LogP contribution in [0.15, 0.2) is 72.8 Å². The molecule has 0 radical (unpaired) electrons. The van der Waals surface area contributed by atoms with Gasteiger partial charge in [-0.25, -0.2) is 0 Å². The van der Waals surface area contributed by atoms with E-state index >= 15 is 0 Å². The number of hydrogen-bond donors (Lipinski definition) is 2. The van der Waals surface area contributed by atoms with Crippen LogP contribution in [-0.2, 0) is 35.3 Å². The molecule has 2 aromatic carbocycles. The normalized spacial score (nSPS) is 16.9. The molecule has 40 heavy (non-hydrogen) atoms. The van der Waals surface area contributed by atoms with Crippen LogP contribution in [0.5, 0.6) is 0 Å². The van der Waals surface area contributed by atoms with Crippen LogP contribution in [-0.4, -0.2) is 32.0 Å². The lowest BCUT2D eigenvalue weighted by Gasteiger charge is -2.28. The zero-order valence-electron chi connectivity index (χ0n) is 22.5. The lowest BCUT2D eigenvalue weighted by Crippen LogP contribution is -2.17. The van der Waals surface area contributed by atoms with Crippen molar-refractivity contribution in [2.24, 2.45) is 0 Å². The van der Waals surface area contributed by atoms with Crippen LogP contribution in [0, 0.1) is 0 Å². The SMILES string of the molecule is Nc1ccccc1CC(=O)Cc1ccc([C@@H]2CCC[C@@H](c3ccc(CC(=O)Cc4ccccc4N)nn3)C2)nn1. The molecule has 2 atom stereocenters. The number of ketones is 2. The molecular weight excluding hydrogens is 500 g/mol. The molecule has 4 N–H and O–H groups in total. The van der Waals surface area contributed by atoms with E-state index in [0.29, 0.717) is 22.8 Å². The third-order valence-corrected chi connectivity index (χ3v) is 7.63. The van der Waals surface area contributed by atoms with Crippen molar-refractivity contribution < 1.29 is 9.59 Å². The second-order valence-corrected chi connectivity index (χ2v) is 10.6. The van der Waals surface area contributed by atoms with E-state index in [2.05, 4.69) is 20.4 Å². The maximum Gasteiger partial charge on any atom is 0.143 e. The molecule has 1 aliphatic carbocycles. The third-order valence-electron chi connectivity index (χ3n) is 7.63. The molecule has 0 bridgehead atoms. The summed E-state index contributed by atoms with van der Waals surface area (Å²) in [6.45, 7) is 0. The van der Waals surface area contributed by atoms with Crippen LogP contribution in [0.25, 0.3) is 0 Å².